The molecule has 4 rings (SSSR count). The minimum atomic E-state index is -4.07. The van der Waals surface area contributed by atoms with Gasteiger partial charge in [-0.3, -0.25) is 15.6 Å². The zero-order valence-electron chi connectivity index (χ0n) is 17.5. The van der Waals surface area contributed by atoms with Gasteiger partial charge in [-0.2, -0.15) is 4.31 Å². The second kappa shape index (κ2) is 8.64. The number of sulfonamides is 1. The van der Waals surface area contributed by atoms with Gasteiger partial charge in [-0.15, -0.1) is 0 Å². The Kier molecular flexibility index (Phi) is 5.90. The van der Waals surface area contributed by atoms with E-state index in [-0.39, 0.29) is 23.8 Å². The van der Waals surface area contributed by atoms with Crippen molar-refractivity contribution in [3.8, 4) is 0 Å². The minimum absolute atomic E-state index is 0.0218. The third-order valence-corrected chi connectivity index (χ3v) is 7.08. The normalized spacial score (nSPS) is 16.3. The average Bonchev–Trinajstić information content (AvgIpc) is 2.76. The fraction of sp³-hybridized carbons (Fsp3) is 0.227. The average molecular weight is 456 g/mol. The molecule has 1 atom stereocenters. The Bertz CT molecular complexity index is 1240. The van der Waals surface area contributed by atoms with Crippen LogP contribution in [0.3, 0.4) is 0 Å². The van der Waals surface area contributed by atoms with Crippen LogP contribution in [0.15, 0.2) is 59.5 Å². The van der Waals surface area contributed by atoms with Crippen LogP contribution in [0.2, 0.25) is 0 Å². The van der Waals surface area contributed by atoms with Crippen molar-refractivity contribution in [3.05, 3.63) is 82.9 Å². The molecule has 0 bridgehead atoms. The Morgan fingerprint density at radius 2 is 1.66 bits per heavy atom. The van der Waals surface area contributed by atoms with Crippen LogP contribution in [0.4, 0.5) is 10.3 Å². The van der Waals surface area contributed by atoms with Gasteiger partial charge in [-0.1, -0.05) is 24.3 Å². The van der Waals surface area contributed by atoms with Gasteiger partial charge in [0.1, 0.15) is 11.9 Å². The zero-order valence-corrected chi connectivity index (χ0v) is 18.4. The number of amides is 1. The number of nitrogens with one attached hydrogen (secondary N) is 2. The summed E-state index contributed by atoms with van der Waals surface area (Å²) in [5.74, 6) is -0.882. The van der Waals surface area contributed by atoms with Crippen LogP contribution in [0.5, 0.6) is 0 Å². The molecule has 0 unspecified atom stereocenters. The fourth-order valence-electron chi connectivity index (χ4n) is 3.70. The van der Waals surface area contributed by atoms with E-state index in [9.17, 15) is 17.6 Å². The number of benzene rings is 2. The van der Waals surface area contributed by atoms with Gasteiger partial charge >= 0.3 is 0 Å². The van der Waals surface area contributed by atoms with E-state index in [1.54, 1.807) is 19.9 Å². The second-order valence-electron chi connectivity index (χ2n) is 7.58. The largest absolute Gasteiger partial charge is 0.271 e. The van der Waals surface area contributed by atoms with E-state index in [1.165, 1.54) is 12.1 Å². The van der Waals surface area contributed by atoms with Crippen molar-refractivity contribution in [2.24, 2.45) is 0 Å². The van der Waals surface area contributed by atoms with Crippen LogP contribution in [0.25, 0.3) is 0 Å². The van der Waals surface area contributed by atoms with E-state index < -0.39 is 27.8 Å². The van der Waals surface area contributed by atoms with Crippen LogP contribution >= 0.6 is 0 Å². The first-order valence-corrected chi connectivity index (χ1v) is 11.4. The van der Waals surface area contributed by atoms with Gasteiger partial charge in [-0.25, -0.2) is 22.8 Å². The van der Waals surface area contributed by atoms with Gasteiger partial charge in [0.2, 0.25) is 16.0 Å². The molecule has 8 nitrogen and oxygen atoms in total. The summed E-state index contributed by atoms with van der Waals surface area (Å²) in [5.41, 5.74) is 8.36. The second-order valence-corrected chi connectivity index (χ2v) is 9.47. The van der Waals surface area contributed by atoms with Crippen molar-refractivity contribution in [1.29, 1.82) is 0 Å². The lowest BCUT2D eigenvalue weighted by Gasteiger charge is -2.35. The lowest BCUT2D eigenvalue weighted by atomic mass is 9.95. The number of rotatable bonds is 5. The van der Waals surface area contributed by atoms with E-state index in [0.717, 1.165) is 39.0 Å². The Hall–Kier alpha value is -3.37. The topological polar surface area (TPSA) is 104 Å². The molecule has 0 spiro atoms. The highest BCUT2D eigenvalue weighted by atomic mass is 32.2. The highest BCUT2D eigenvalue weighted by Crippen LogP contribution is 2.29. The summed E-state index contributed by atoms with van der Waals surface area (Å²) in [6, 6.07) is 12.7. The maximum Gasteiger partial charge on any atom is 0.257 e. The van der Waals surface area contributed by atoms with E-state index in [4.69, 9.17) is 0 Å². The van der Waals surface area contributed by atoms with Crippen molar-refractivity contribution < 1.29 is 17.6 Å². The third-order valence-electron chi connectivity index (χ3n) is 5.21. The zero-order chi connectivity index (χ0) is 22.9. The molecule has 2 aromatic carbocycles. The monoisotopic (exact) mass is 455 g/mol. The lowest BCUT2D eigenvalue weighted by molar-refractivity contribution is -0.124. The van der Waals surface area contributed by atoms with Crippen LogP contribution in [-0.4, -0.2) is 34.6 Å². The van der Waals surface area contributed by atoms with E-state index in [0.29, 0.717) is 0 Å². The van der Waals surface area contributed by atoms with Crippen LogP contribution in [-0.2, 0) is 27.8 Å². The molecule has 0 radical (unpaired) electrons. The quantitative estimate of drug-likeness (QED) is 0.573. The van der Waals surface area contributed by atoms with Crippen molar-refractivity contribution in [2.75, 3.05) is 5.43 Å². The smallest absolute Gasteiger partial charge is 0.257 e. The summed E-state index contributed by atoms with van der Waals surface area (Å²) in [6.45, 7) is 3.63. The van der Waals surface area contributed by atoms with Gasteiger partial charge in [0.05, 0.1) is 4.90 Å². The van der Waals surface area contributed by atoms with Gasteiger partial charge in [0, 0.05) is 17.9 Å². The maximum absolute atomic E-state index is 13.4. The number of aromatic nitrogens is 2. The lowest BCUT2D eigenvalue weighted by Crippen LogP contribution is -2.53. The molecule has 0 aliphatic carbocycles. The summed E-state index contributed by atoms with van der Waals surface area (Å²) in [4.78, 5) is 21.4. The number of nitrogens with zero attached hydrogens (tertiary/aromatic N) is 3. The highest BCUT2D eigenvalue weighted by molar-refractivity contribution is 7.89. The Morgan fingerprint density at radius 1 is 1.03 bits per heavy atom. The van der Waals surface area contributed by atoms with Crippen molar-refractivity contribution in [3.63, 3.8) is 0 Å². The molecule has 0 saturated heterocycles. The first-order chi connectivity index (χ1) is 15.2. The van der Waals surface area contributed by atoms with Crippen LogP contribution < -0.4 is 10.9 Å². The molecule has 1 aliphatic rings. The number of halogens is 1. The Balaban J connectivity index is 1.63. The predicted octanol–water partition coefficient (Wildman–Crippen LogP) is 2.49. The number of anilines is 1. The SMILES string of the molecule is Cc1cc(C)nc(NNC(=O)[C@H]2Cc3ccccc3CN2S(=O)(=O)c2ccc(F)cc2)n1. The van der Waals surface area contributed by atoms with Crippen LogP contribution in [0.1, 0.15) is 22.5 Å². The number of aryl methyl sites for hydroxylation is 2. The number of fused-ring (bicyclic) bond motifs is 1. The number of hydrazine groups is 1. The van der Waals surface area contributed by atoms with Gasteiger partial charge in [0.15, 0.2) is 0 Å². The van der Waals surface area contributed by atoms with Crippen molar-refractivity contribution >= 4 is 21.9 Å². The molecule has 3 aromatic rings. The molecular formula is C22H22FN5O3S. The summed E-state index contributed by atoms with van der Waals surface area (Å²) >= 11 is 0. The van der Waals surface area contributed by atoms with Gasteiger partial charge in [-0.05, 0) is 61.7 Å². The Morgan fingerprint density at radius 3 is 2.31 bits per heavy atom. The predicted molar refractivity (Wildman–Crippen MR) is 116 cm³/mol. The molecule has 1 aliphatic heterocycles. The number of hydrogen-bond donors (Lipinski definition) is 2. The summed E-state index contributed by atoms with van der Waals surface area (Å²) in [7, 11) is -4.07. The van der Waals surface area contributed by atoms with Crippen molar-refractivity contribution in [1.82, 2.24) is 19.7 Å². The molecule has 2 N–H and O–H groups in total. The van der Waals surface area contributed by atoms with Crippen LogP contribution in [0, 0.1) is 19.7 Å². The first kappa shape index (κ1) is 21.8. The maximum atomic E-state index is 13.4. The standard InChI is InChI=1S/C22H22FN5O3S/c1-14-11-15(2)25-22(24-14)27-26-21(29)20-12-16-5-3-4-6-17(16)13-28(20)32(30,31)19-9-7-18(23)8-10-19/h3-11,20H,12-13H2,1-2H3,(H,26,29)(H,24,25,27)/t20-/m1/s1. The highest BCUT2D eigenvalue weighted by Gasteiger charge is 2.39. The molecular weight excluding hydrogens is 433 g/mol. The summed E-state index contributed by atoms with van der Waals surface area (Å²) < 4.78 is 41.2. The van der Waals surface area contributed by atoms with E-state index in [2.05, 4.69) is 20.8 Å². The summed E-state index contributed by atoms with van der Waals surface area (Å²) in [6.07, 6.45) is 0.192. The Labute approximate surface area is 185 Å². The minimum Gasteiger partial charge on any atom is -0.271 e. The molecule has 0 saturated carbocycles. The summed E-state index contributed by atoms with van der Waals surface area (Å²) in [5, 5.41) is 0. The molecule has 10 heteroatoms. The first-order valence-electron chi connectivity index (χ1n) is 9.96. The molecule has 1 aromatic heterocycles. The van der Waals surface area contributed by atoms with Gasteiger partial charge in [0.25, 0.3) is 5.91 Å². The number of hydrogen-bond acceptors (Lipinski definition) is 6. The number of carbonyl (C=O) groups is 1. The van der Waals surface area contributed by atoms with Gasteiger partial charge < -0.3 is 0 Å². The molecule has 32 heavy (non-hydrogen) atoms. The molecule has 1 amide bonds. The molecule has 166 valence electrons. The van der Waals surface area contributed by atoms with Crippen molar-refractivity contribution in [2.45, 2.75) is 37.8 Å². The third kappa shape index (κ3) is 4.46. The van der Waals surface area contributed by atoms with E-state index >= 15 is 0 Å². The van der Waals surface area contributed by atoms with E-state index in [1.807, 2.05) is 24.3 Å². The molecule has 0 fully saturated rings. The fourth-order valence-corrected chi connectivity index (χ4v) is 5.26. The number of carbonyl (C=O) groups excluding carboxylic acids is 1. The molecule has 2 heterocycles.